The molecule has 0 bridgehead atoms. The topological polar surface area (TPSA) is 135 Å². The Hall–Kier alpha value is -2.91. The summed E-state index contributed by atoms with van der Waals surface area (Å²) in [5.41, 5.74) is 14.9. The van der Waals surface area contributed by atoms with Gasteiger partial charge in [0.15, 0.2) is 0 Å². The molecule has 0 radical (unpaired) electrons. The molecule has 15 heteroatoms. The molecule has 198 valence electrons. The molecule has 0 amide bonds. The smallest absolute Gasteiger partial charge is 0.339 e. The third-order valence-corrected chi connectivity index (χ3v) is 5.99. The van der Waals surface area contributed by atoms with Crippen LogP contribution in [-0.4, -0.2) is 59.3 Å². The van der Waals surface area contributed by atoms with Crippen LogP contribution in [0.5, 0.6) is 0 Å². The molecule has 2 saturated heterocycles. The van der Waals surface area contributed by atoms with Crippen LogP contribution in [0, 0.1) is 0 Å². The SMILES string of the molecule is N[C@@H]1CCCN(c2nc(Nc3cc(C(F)(F)F)cc(C(F)(F)F)c3)nc(N3C[C@H](N)C[C@H](N)C3)n2)C1. The Balaban J connectivity index is 1.74. The predicted octanol–water partition coefficient (Wildman–Crippen LogP) is 2.45. The molecule has 2 aromatic rings. The lowest BCUT2D eigenvalue weighted by atomic mass is 10.0. The van der Waals surface area contributed by atoms with E-state index in [1.807, 2.05) is 4.90 Å². The maximum atomic E-state index is 13.3. The Morgan fingerprint density at radius 3 is 1.81 bits per heavy atom. The summed E-state index contributed by atoms with van der Waals surface area (Å²) in [4.78, 5) is 16.6. The summed E-state index contributed by atoms with van der Waals surface area (Å²) in [7, 11) is 0. The Kier molecular flexibility index (Phi) is 7.16. The minimum atomic E-state index is -4.99. The van der Waals surface area contributed by atoms with Gasteiger partial charge in [0.2, 0.25) is 17.8 Å². The van der Waals surface area contributed by atoms with Gasteiger partial charge >= 0.3 is 12.4 Å². The molecule has 9 nitrogen and oxygen atoms in total. The number of aromatic nitrogens is 3. The second-order valence-electron chi connectivity index (χ2n) is 9.19. The maximum Gasteiger partial charge on any atom is 0.416 e. The molecule has 0 unspecified atom stereocenters. The van der Waals surface area contributed by atoms with Gasteiger partial charge in [0.25, 0.3) is 0 Å². The highest BCUT2D eigenvalue weighted by Crippen LogP contribution is 2.38. The Morgan fingerprint density at radius 1 is 0.750 bits per heavy atom. The summed E-state index contributed by atoms with van der Waals surface area (Å²) in [5, 5.41) is 2.51. The lowest BCUT2D eigenvalue weighted by Gasteiger charge is -2.35. The van der Waals surface area contributed by atoms with Crippen LogP contribution in [0.2, 0.25) is 0 Å². The zero-order chi connectivity index (χ0) is 26.3. The number of nitrogens with one attached hydrogen (secondary N) is 1. The van der Waals surface area contributed by atoms with Crippen molar-refractivity contribution in [2.75, 3.05) is 41.3 Å². The van der Waals surface area contributed by atoms with Gasteiger partial charge in [-0.15, -0.1) is 0 Å². The van der Waals surface area contributed by atoms with Gasteiger partial charge in [0, 0.05) is 50.0 Å². The van der Waals surface area contributed by atoms with Gasteiger partial charge in [-0.1, -0.05) is 0 Å². The first-order valence-electron chi connectivity index (χ1n) is 11.4. The number of nitrogens with zero attached hydrogens (tertiary/aromatic N) is 5. The highest BCUT2D eigenvalue weighted by atomic mass is 19.4. The summed E-state index contributed by atoms with van der Waals surface area (Å²) < 4.78 is 79.9. The fourth-order valence-corrected chi connectivity index (χ4v) is 4.38. The van der Waals surface area contributed by atoms with E-state index in [1.54, 1.807) is 4.90 Å². The summed E-state index contributed by atoms with van der Waals surface area (Å²) >= 11 is 0. The monoisotopic (exact) mass is 519 g/mol. The van der Waals surface area contributed by atoms with Crippen molar-refractivity contribution in [1.82, 2.24) is 15.0 Å². The Morgan fingerprint density at radius 2 is 1.28 bits per heavy atom. The van der Waals surface area contributed by atoms with Crippen molar-refractivity contribution in [2.45, 2.75) is 49.7 Å². The van der Waals surface area contributed by atoms with Gasteiger partial charge in [0.05, 0.1) is 11.1 Å². The first kappa shape index (κ1) is 26.2. The molecule has 2 aliphatic heterocycles. The molecular formula is C21H27F6N9. The van der Waals surface area contributed by atoms with Crippen molar-refractivity contribution in [1.29, 1.82) is 0 Å². The number of halogens is 6. The van der Waals surface area contributed by atoms with E-state index in [4.69, 9.17) is 17.2 Å². The van der Waals surface area contributed by atoms with Crippen molar-refractivity contribution in [2.24, 2.45) is 17.2 Å². The summed E-state index contributed by atoms with van der Waals surface area (Å²) in [6.45, 7) is 1.76. The van der Waals surface area contributed by atoms with Crippen LogP contribution >= 0.6 is 0 Å². The Labute approximate surface area is 203 Å². The largest absolute Gasteiger partial charge is 0.416 e. The number of anilines is 4. The van der Waals surface area contributed by atoms with Crippen LogP contribution < -0.4 is 32.3 Å². The number of hydrogen-bond donors (Lipinski definition) is 4. The Bertz CT molecular complexity index is 1030. The average molecular weight is 519 g/mol. The maximum absolute atomic E-state index is 13.3. The van der Waals surface area contributed by atoms with Gasteiger partial charge in [-0.25, -0.2) is 0 Å². The van der Waals surface area contributed by atoms with Crippen LogP contribution in [0.1, 0.15) is 30.4 Å². The molecule has 4 rings (SSSR count). The quantitative estimate of drug-likeness (QED) is 0.449. The second-order valence-corrected chi connectivity index (χ2v) is 9.19. The van der Waals surface area contributed by atoms with Crippen LogP contribution in [0.4, 0.5) is 49.9 Å². The molecule has 3 atom stereocenters. The zero-order valence-electron chi connectivity index (χ0n) is 19.1. The lowest BCUT2D eigenvalue weighted by molar-refractivity contribution is -0.143. The molecule has 0 aliphatic carbocycles. The van der Waals surface area contributed by atoms with Crippen LogP contribution in [0.15, 0.2) is 18.2 Å². The standard InChI is InChI=1S/C21H27F6N9/c22-20(23,24)11-4-12(21(25,26)27)6-16(5-11)31-17-32-18(35-3-1-2-13(28)8-35)34-19(33-17)36-9-14(29)7-15(30)10-36/h4-6,13-15H,1-3,7-10,28-30H2,(H,31,32,33,34)/t13-,14-,15+/m1/s1. The van der Waals surface area contributed by atoms with Crippen LogP contribution in [0.25, 0.3) is 0 Å². The minimum absolute atomic E-state index is 0.0566. The van der Waals surface area contributed by atoms with Crippen molar-refractivity contribution in [3.63, 3.8) is 0 Å². The number of nitrogens with two attached hydrogens (primary N) is 3. The van der Waals surface area contributed by atoms with Crippen LogP contribution in [0.3, 0.4) is 0 Å². The van der Waals surface area contributed by atoms with Gasteiger partial charge in [0.1, 0.15) is 0 Å². The van der Waals surface area contributed by atoms with E-state index in [-0.39, 0.29) is 42.0 Å². The first-order valence-corrected chi connectivity index (χ1v) is 11.4. The fraction of sp³-hybridized carbons (Fsp3) is 0.571. The molecule has 3 heterocycles. The average Bonchev–Trinajstić information content (AvgIpc) is 2.77. The first-order chi connectivity index (χ1) is 16.8. The number of piperidine rings is 2. The number of hydrogen-bond acceptors (Lipinski definition) is 9. The molecule has 2 fully saturated rings. The number of alkyl halides is 6. The van der Waals surface area contributed by atoms with E-state index in [2.05, 4.69) is 20.3 Å². The number of rotatable bonds is 4. The molecule has 0 spiro atoms. The highest BCUT2D eigenvalue weighted by molar-refractivity contribution is 5.59. The van der Waals surface area contributed by atoms with E-state index in [9.17, 15) is 26.3 Å². The molecule has 7 N–H and O–H groups in total. The molecule has 1 aromatic carbocycles. The van der Waals surface area contributed by atoms with E-state index in [0.717, 1.165) is 12.8 Å². The van der Waals surface area contributed by atoms with Gasteiger partial charge in [-0.3, -0.25) is 0 Å². The molecule has 36 heavy (non-hydrogen) atoms. The van der Waals surface area contributed by atoms with E-state index >= 15 is 0 Å². The fourth-order valence-electron chi connectivity index (χ4n) is 4.38. The van der Waals surface area contributed by atoms with Crippen molar-refractivity contribution in [3.05, 3.63) is 29.3 Å². The summed E-state index contributed by atoms with van der Waals surface area (Å²) in [5.74, 6) is 0.151. The van der Waals surface area contributed by atoms with Crippen molar-refractivity contribution in [3.8, 4) is 0 Å². The minimum Gasteiger partial charge on any atom is -0.339 e. The van der Waals surface area contributed by atoms with Gasteiger partial charge < -0.3 is 32.3 Å². The lowest BCUT2D eigenvalue weighted by Crippen LogP contribution is -2.53. The van der Waals surface area contributed by atoms with Crippen molar-refractivity contribution >= 4 is 23.5 Å². The van der Waals surface area contributed by atoms with Gasteiger partial charge in [-0.2, -0.15) is 41.3 Å². The molecule has 1 aromatic heterocycles. The number of benzene rings is 1. The van der Waals surface area contributed by atoms with Crippen LogP contribution in [-0.2, 0) is 12.4 Å². The predicted molar refractivity (Wildman–Crippen MR) is 122 cm³/mol. The van der Waals surface area contributed by atoms with E-state index < -0.39 is 29.2 Å². The normalized spacial score (nSPS) is 23.6. The summed E-state index contributed by atoms with van der Waals surface area (Å²) in [6, 6.07) is 0.549. The van der Waals surface area contributed by atoms with Crippen molar-refractivity contribution < 1.29 is 26.3 Å². The third kappa shape index (κ3) is 6.25. The third-order valence-electron chi connectivity index (χ3n) is 5.99. The zero-order valence-corrected chi connectivity index (χ0v) is 19.1. The summed E-state index contributed by atoms with van der Waals surface area (Å²) in [6.07, 6.45) is -7.81. The molecule has 2 aliphatic rings. The van der Waals surface area contributed by atoms with Gasteiger partial charge in [-0.05, 0) is 37.5 Å². The second kappa shape index (κ2) is 9.86. The van der Waals surface area contributed by atoms with E-state index in [1.165, 1.54) is 0 Å². The molecular weight excluding hydrogens is 492 g/mol. The highest BCUT2D eigenvalue weighted by Gasteiger charge is 2.37. The van der Waals surface area contributed by atoms with E-state index in [0.29, 0.717) is 44.7 Å². The molecule has 0 saturated carbocycles.